The molecule has 0 saturated heterocycles. The van der Waals surface area contributed by atoms with Crippen molar-refractivity contribution in [3.05, 3.63) is 88.2 Å². The minimum absolute atomic E-state index is 0.175. The number of hydrogen-bond donors (Lipinski definition) is 1. The van der Waals surface area contributed by atoms with Crippen LogP contribution in [0.2, 0.25) is 5.02 Å². The molecule has 0 aliphatic carbocycles. The predicted molar refractivity (Wildman–Crippen MR) is 123 cm³/mol. The Kier molecular flexibility index (Phi) is 6.57. The number of allylic oxidation sites excluding steroid dienone is 1. The van der Waals surface area contributed by atoms with Crippen molar-refractivity contribution < 1.29 is 18.3 Å². The summed E-state index contributed by atoms with van der Waals surface area (Å²) in [7, 11) is 0. The summed E-state index contributed by atoms with van der Waals surface area (Å²) in [5, 5.41) is 9.97. The second-order valence-corrected chi connectivity index (χ2v) is 7.50. The third kappa shape index (κ3) is 5.13. The highest BCUT2D eigenvalue weighted by Gasteiger charge is 2.14. The maximum atomic E-state index is 13.5. The second kappa shape index (κ2) is 9.72. The Hall–Kier alpha value is -3.89. The van der Waals surface area contributed by atoms with Crippen LogP contribution in [0.3, 0.4) is 0 Å². The highest BCUT2D eigenvalue weighted by atomic mass is 35.5. The topological polar surface area (TPSA) is 70.9 Å². The number of benzene rings is 3. The summed E-state index contributed by atoms with van der Waals surface area (Å²) in [5.41, 5.74) is 2.65. The van der Waals surface area contributed by atoms with Gasteiger partial charge in [-0.3, -0.25) is 0 Å². The van der Waals surface area contributed by atoms with E-state index in [1.54, 1.807) is 30.3 Å². The van der Waals surface area contributed by atoms with E-state index in [1.807, 2.05) is 6.92 Å². The van der Waals surface area contributed by atoms with Gasteiger partial charge in [-0.1, -0.05) is 23.7 Å². The van der Waals surface area contributed by atoms with Gasteiger partial charge >= 0.3 is 0 Å². The molecule has 33 heavy (non-hydrogen) atoms. The van der Waals surface area contributed by atoms with E-state index < -0.39 is 5.82 Å². The molecule has 1 N–H and O–H groups in total. The molecule has 1 aromatic heterocycles. The van der Waals surface area contributed by atoms with Crippen LogP contribution >= 0.6 is 11.6 Å². The number of halogens is 3. The average molecular weight is 466 g/mol. The molecule has 1 heterocycles. The molecule has 0 saturated carbocycles. The van der Waals surface area contributed by atoms with Gasteiger partial charge in [0.15, 0.2) is 11.5 Å². The molecule has 0 bridgehead atoms. The van der Waals surface area contributed by atoms with Crippen LogP contribution in [-0.4, -0.2) is 16.6 Å². The van der Waals surface area contributed by atoms with Gasteiger partial charge in [0.2, 0.25) is 0 Å². The van der Waals surface area contributed by atoms with Crippen molar-refractivity contribution in [3.8, 4) is 17.6 Å². The third-order valence-electron chi connectivity index (χ3n) is 4.76. The standard InChI is InChI=1S/C25H18ClF2N3O2/c1-2-32-23-11-16(10-20(26)24(23)33-14-15-3-5-18(27)6-4-15)9-17(13-29)25-30-21-8-7-19(28)12-22(21)31-25/h3-12H,2,14H2,1H3,(H,30,31)/b17-9-. The fourth-order valence-corrected chi connectivity index (χ4v) is 3.51. The first kappa shape index (κ1) is 22.3. The SMILES string of the molecule is CCOc1cc(/C=C(/C#N)c2nc3ccc(F)cc3[nH]2)cc(Cl)c1OCc1ccc(F)cc1. The number of rotatable bonds is 7. The zero-order valence-electron chi connectivity index (χ0n) is 17.5. The van der Waals surface area contributed by atoms with E-state index in [0.29, 0.717) is 45.5 Å². The van der Waals surface area contributed by atoms with Gasteiger partial charge in [-0.25, -0.2) is 13.8 Å². The highest BCUT2D eigenvalue weighted by Crippen LogP contribution is 2.38. The molecule has 166 valence electrons. The Bertz CT molecular complexity index is 1380. The first-order valence-electron chi connectivity index (χ1n) is 10.1. The van der Waals surface area contributed by atoms with Crippen LogP contribution in [0.5, 0.6) is 11.5 Å². The summed E-state index contributed by atoms with van der Waals surface area (Å²) in [6.45, 7) is 2.37. The van der Waals surface area contributed by atoms with Crippen LogP contribution in [0, 0.1) is 23.0 Å². The smallest absolute Gasteiger partial charge is 0.180 e. The van der Waals surface area contributed by atoms with E-state index in [2.05, 4.69) is 16.0 Å². The monoisotopic (exact) mass is 465 g/mol. The number of nitrogens with zero attached hydrogens (tertiary/aromatic N) is 2. The van der Waals surface area contributed by atoms with Crippen LogP contribution in [0.15, 0.2) is 54.6 Å². The van der Waals surface area contributed by atoms with Crippen molar-refractivity contribution in [1.29, 1.82) is 5.26 Å². The first-order chi connectivity index (χ1) is 16.0. The number of nitriles is 1. The van der Waals surface area contributed by atoms with Crippen molar-refractivity contribution in [1.82, 2.24) is 9.97 Å². The molecule has 0 fully saturated rings. The number of aromatic amines is 1. The molecule has 4 aromatic rings. The molecule has 5 nitrogen and oxygen atoms in total. The zero-order chi connectivity index (χ0) is 23.4. The predicted octanol–water partition coefficient (Wildman–Crippen LogP) is 6.54. The summed E-state index contributed by atoms with van der Waals surface area (Å²) in [4.78, 5) is 7.32. The quantitative estimate of drug-likeness (QED) is 0.315. The molecule has 4 rings (SSSR count). The van der Waals surface area contributed by atoms with Crippen molar-refractivity contribution in [3.63, 3.8) is 0 Å². The maximum Gasteiger partial charge on any atom is 0.180 e. The van der Waals surface area contributed by atoms with E-state index >= 15 is 0 Å². The Morgan fingerprint density at radius 2 is 1.85 bits per heavy atom. The number of ether oxygens (including phenoxy) is 2. The van der Waals surface area contributed by atoms with E-state index in [-0.39, 0.29) is 18.0 Å². The minimum atomic E-state index is -0.399. The lowest BCUT2D eigenvalue weighted by Gasteiger charge is -2.14. The van der Waals surface area contributed by atoms with Crippen LogP contribution in [0.4, 0.5) is 8.78 Å². The van der Waals surface area contributed by atoms with Crippen LogP contribution < -0.4 is 9.47 Å². The number of fused-ring (bicyclic) bond motifs is 1. The summed E-state index contributed by atoms with van der Waals surface area (Å²) < 4.78 is 38.2. The summed E-state index contributed by atoms with van der Waals surface area (Å²) in [6.07, 6.45) is 1.60. The van der Waals surface area contributed by atoms with Gasteiger partial charge in [0.1, 0.15) is 30.1 Å². The average Bonchev–Trinajstić information content (AvgIpc) is 3.21. The first-order valence-corrected chi connectivity index (χ1v) is 10.5. The lowest BCUT2D eigenvalue weighted by Crippen LogP contribution is -2.01. The zero-order valence-corrected chi connectivity index (χ0v) is 18.3. The Morgan fingerprint density at radius 3 is 2.58 bits per heavy atom. The Balaban J connectivity index is 1.65. The van der Waals surface area contributed by atoms with Gasteiger partial charge in [0, 0.05) is 0 Å². The van der Waals surface area contributed by atoms with Crippen LogP contribution in [0.25, 0.3) is 22.7 Å². The molecular formula is C25H18ClF2N3O2. The minimum Gasteiger partial charge on any atom is -0.490 e. The Labute approximate surface area is 193 Å². The molecule has 8 heteroatoms. The van der Waals surface area contributed by atoms with Crippen molar-refractivity contribution in [2.45, 2.75) is 13.5 Å². The van der Waals surface area contributed by atoms with E-state index in [1.165, 1.54) is 30.3 Å². The van der Waals surface area contributed by atoms with Gasteiger partial charge in [0.05, 0.1) is 28.2 Å². The van der Waals surface area contributed by atoms with E-state index in [0.717, 1.165) is 5.56 Å². The van der Waals surface area contributed by atoms with Gasteiger partial charge in [0.25, 0.3) is 0 Å². The van der Waals surface area contributed by atoms with Crippen LogP contribution in [-0.2, 0) is 6.61 Å². The molecule has 0 spiro atoms. The number of imidazole rings is 1. The maximum absolute atomic E-state index is 13.5. The Morgan fingerprint density at radius 1 is 1.09 bits per heavy atom. The lowest BCUT2D eigenvalue weighted by molar-refractivity contribution is 0.269. The number of aromatic nitrogens is 2. The highest BCUT2D eigenvalue weighted by molar-refractivity contribution is 6.32. The third-order valence-corrected chi connectivity index (χ3v) is 5.04. The second-order valence-electron chi connectivity index (χ2n) is 7.09. The van der Waals surface area contributed by atoms with Crippen molar-refractivity contribution >= 4 is 34.3 Å². The molecule has 0 radical (unpaired) electrons. The molecule has 0 amide bonds. The summed E-state index contributed by atoms with van der Waals surface area (Å²) in [6, 6.07) is 15.6. The normalized spacial score (nSPS) is 11.4. The largest absolute Gasteiger partial charge is 0.490 e. The van der Waals surface area contributed by atoms with Crippen LogP contribution in [0.1, 0.15) is 23.9 Å². The molecule has 0 aliphatic heterocycles. The van der Waals surface area contributed by atoms with Gasteiger partial charge in [-0.15, -0.1) is 0 Å². The van der Waals surface area contributed by atoms with Crippen molar-refractivity contribution in [2.75, 3.05) is 6.61 Å². The molecule has 0 atom stereocenters. The summed E-state index contributed by atoms with van der Waals surface area (Å²) >= 11 is 6.47. The molecular weight excluding hydrogens is 448 g/mol. The van der Waals surface area contributed by atoms with E-state index in [9.17, 15) is 14.0 Å². The van der Waals surface area contributed by atoms with Crippen molar-refractivity contribution in [2.24, 2.45) is 0 Å². The fourth-order valence-electron chi connectivity index (χ4n) is 3.24. The molecule has 0 aliphatic rings. The lowest BCUT2D eigenvalue weighted by atomic mass is 10.1. The number of H-pyrrole nitrogens is 1. The van der Waals surface area contributed by atoms with Gasteiger partial charge in [-0.2, -0.15) is 5.26 Å². The van der Waals surface area contributed by atoms with Gasteiger partial charge in [-0.05, 0) is 66.6 Å². The number of nitrogens with one attached hydrogen (secondary N) is 1. The molecule has 3 aromatic carbocycles. The summed E-state index contributed by atoms with van der Waals surface area (Å²) in [5.74, 6) is 0.333. The number of hydrogen-bond acceptors (Lipinski definition) is 4. The fraction of sp³-hybridized carbons (Fsp3) is 0.120. The van der Waals surface area contributed by atoms with E-state index in [4.69, 9.17) is 21.1 Å². The molecule has 0 unspecified atom stereocenters. The van der Waals surface area contributed by atoms with Gasteiger partial charge < -0.3 is 14.5 Å².